The predicted molar refractivity (Wildman–Crippen MR) is 93.8 cm³/mol. The molecule has 0 saturated heterocycles. The van der Waals surface area contributed by atoms with Gasteiger partial charge in [-0.15, -0.1) is 0 Å². The molecule has 2 aromatic rings. The fourth-order valence-corrected chi connectivity index (χ4v) is 3.46. The first-order valence-electron chi connectivity index (χ1n) is 8.32. The van der Waals surface area contributed by atoms with Crippen molar-refractivity contribution < 1.29 is 4.79 Å². The van der Waals surface area contributed by atoms with Crippen LogP contribution in [0, 0.1) is 20.8 Å². The number of nitrogens with one attached hydrogen (secondary N) is 1. The van der Waals surface area contributed by atoms with Crippen molar-refractivity contribution in [3.05, 3.63) is 52.8 Å². The van der Waals surface area contributed by atoms with Crippen LogP contribution in [0.3, 0.4) is 0 Å². The molecular formula is C19H25N3O. The Hall–Kier alpha value is -2.23. The van der Waals surface area contributed by atoms with Crippen LogP contribution in [0.5, 0.6) is 0 Å². The number of amides is 2. The van der Waals surface area contributed by atoms with Crippen LogP contribution >= 0.6 is 0 Å². The molecule has 0 unspecified atom stereocenters. The number of hydrogen-bond acceptors (Lipinski definition) is 1. The van der Waals surface area contributed by atoms with E-state index in [0.717, 1.165) is 30.8 Å². The number of nitrogens with zero attached hydrogens (tertiary/aromatic N) is 2. The van der Waals surface area contributed by atoms with Gasteiger partial charge in [-0.3, -0.25) is 0 Å². The topological polar surface area (TPSA) is 37.3 Å². The van der Waals surface area contributed by atoms with Crippen LogP contribution in [0.15, 0.2) is 30.3 Å². The Bertz CT molecular complexity index is 732. The first-order valence-corrected chi connectivity index (χ1v) is 8.32. The maximum absolute atomic E-state index is 12.8. The van der Waals surface area contributed by atoms with Crippen LogP contribution in [-0.2, 0) is 6.54 Å². The zero-order chi connectivity index (χ0) is 16.6. The van der Waals surface area contributed by atoms with Crippen molar-refractivity contribution in [1.82, 2.24) is 9.47 Å². The highest BCUT2D eigenvalue weighted by molar-refractivity contribution is 5.90. The third-order valence-corrected chi connectivity index (χ3v) is 5.01. The molecule has 0 saturated carbocycles. The summed E-state index contributed by atoms with van der Waals surface area (Å²) in [4.78, 5) is 14.8. The van der Waals surface area contributed by atoms with Crippen molar-refractivity contribution in [2.45, 2.75) is 46.7 Å². The molecule has 2 amide bonds. The molecular weight excluding hydrogens is 286 g/mol. The van der Waals surface area contributed by atoms with Crippen LogP contribution in [-0.4, -0.2) is 22.0 Å². The molecule has 0 radical (unpaired) electrons. The van der Waals surface area contributed by atoms with E-state index in [0.29, 0.717) is 0 Å². The van der Waals surface area contributed by atoms with Gasteiger partial charge in [-0.05, 0) is 56.5 Å². The predicted octanol–water partition coefficient (Wildman–Crippen LogP) is 4.41. The second-order valence-corrected chi connectivity index (χ2v) is 6.35. The molecule has 122 valence electrons. The summed E-state index contributed by atoms with van der Waals surface area (Å²) in [6.45, 7) is 9.99. The quantitative estimate of drug-likeness (QED) is 0.876. The lowest BCUT2D eigenvalue weighted by molar-refractivity contribution is 0.165. The average molecular weight is 311 g/mol. The molecule has 0 bridgehead atoms. The summed E-state index contributed by atoms with van der Waals surface area (Å²) < 4.78 is 2.33. The SMILES string of the molecule is CC[C@@H]1c2ccc(C)n2CCN1C(=O)Nc1cccc(C)c1C. The van der Waals surface area contributed by atoms with Crippen LogP contribution in [0.4, 0.5) is 10.5 Å². The molecule has 1 N–H and O–H groups in total. The molecule has 23 heavy (non-hydrogen) atoms. The Morgan fingerprint density at radius 3 is 2.70 bits per heavy atom. The molecule has 3 rings (SSSR count). The minimum Gasteiger partial charge on any atom is -0.345 e. The highest BCUT2D eigenvalue weighted by Gasteiger charge is 2.30. The van der Waals surface area contributed by atoms with Gasteiger partial charge in [0.05, 0.1) is 6.04 Å². The lowest BCUT2D eigenvalue weighted by Crippen LogP contribution is -2.44. The minimum absolute atomic E-state index is 0.00402. The van der Waals surface area contributed by atoms with Gasteiger partial charge in [0.15, 0.2) is 0 Å². The van der Waals surface area contributed by atoms with Crippen LogP contribution in [0.25, 0.3) is 0 Å². The zero-order valence-corrected chi connectivity index (χ0v) is 14.4. The van der Waals surface area contributed by atoms with Gasteiger partial charge in [0.1, 0.15) is 0 Å². The number of carbonyl (C=O) groups is 1. The summed E-state index contributed by atoms with van der Waals surface area (Å²) in [5, 5.41) is 3.10. The van der Waals surface area contributed by atoms with Gasteiger partial charge in [0, 0.05) is 30.2 Å². The first-order chi connectivity index (χ1) is 11.0. The van der Waals surface area contributed by atoms with E-state index in [-0.39, 0.29) is 12.1 Å². The Morgan fingerprint density at radius 2 is 1.96 bits per heavy atom. The third-order valence-electron chi connectivity index (χ3n) is 5.01. The first kappa shape index (κ1) is 15.7. The molecule has 4 heteroatoms. The minimum atomic E-state index is -0.00402. The standard InChI is InChI=1S/C19H25N3O/c1-5-17-18-10-9-14(3)21(18)11-12-22(17)19(23)20-16-8-6-7-13(2)15(16)4/h6-10,17H,5,11-12H2,1-4H3,(H,20,23)/t17-/m1/s1. The third kappa shape index (κ3) is 2.74. The molecule has 0 aliphatic carbocycles. The second kappa shape index (κ2) is 6.11. The van der Waals surface area contributed by atoms with Crippen molar-refractivity contribution in [2.75, 3.05) is 11.9 Å². The number of urea groups is 1. The summed E-state index contributed by atoms with van der Waals surface area (Å²) in [7, 11) is 0. The van der Waals surface area contributed by atoms with E-state index in [9.17, 15) is 4.79 Å². The average Bonchev–Trinajstić information content (AvgIpc) is 2.92. The van der Waals surface area contributed by atoms with Crippen molar-refractivity contribution in [1.29, 1.82) is 0 Å². The summed E-state index contributed by atoms with van der Waals surface area (Å²) in [5.41, 5.74) is 5.74. The van der Waals surface area contributed by atoms with Crippen LogP contribution in [0.1, 0.15) is 41.9 Å². The maximum atomic E-state index is 12.8. The Balaban J connectivity index is 1.84. The normalized spacial score (nSPS) is 17.0. The molecule has 1 aliphatic heterocycles. The van der Waals surface area contributed by atoms with Gasteiger partial charge >= 0.3 is 6.03 Å². The number of rotatable bonds is 2. The van der Waals surface area contributed by atoms with Gasteiger partial charge < -0.3 is 14.8 Å². The molecule has 4 nitrogen and oxygen atoms in total. The monoisotopic (exact) mass is 311 g/mol. The number of benzene rings is 1. The van der Waals surface area contributed by atoms with E-state index in [1.165, 1.54) is 17.0 Å². The summed E-state index contributed by atoms with van der Waals surface area (Å²) >= 11 is 0. The maximum Gasteiger partial charge on any atom is 0.322 e. The van der Waals surface area contributed by atoms with Crippen molar-refractivity contribution in [3.63, 3.8) is 0 Å². The summed E-state index contributed by atoms with van der Waals surface area (Å²) in [5.74, 6) is 0. The number of hydrogen-bond donors (Lipinski definition) is 1. The lowest BCUT2D eigenvalue weighted by Gasteiger charge is -2.37. The van der Waals surface area contributed by atoms with Gasteiger partial charge in [-0.25, -0.2) is 4.79 Å². The highest BCUT2D eigenvalue weighted by atomic mass is 16.2. The Kier molecular flexibility index (Phi) is 4.16. The number of aryl methyl sites for hydroxylation is 2. The number of carbonyl (C=O) groups excluding carboxylic acids is 1. The molecule has 0 spiro atoms. The fourth-order valence-electron chi connectivity index (χ4n) is 3.46. The number of aromatic nitrogens is 1. The van der Waals surface area contributed by atoms with E-state index in [2.05, 4.69) is 48.9 Å². The molecule has 1 aliphatic rings. The molecule has 1 aromatic heterocycles. The van der Waals surface area contributed by atoms with Gasteiger partial charge in [0.2, 0.25) is 0 Å². The molecule has 1 atom stereocenters. The smallest absolute Gasteiger partial charge is 0.322 e. The van der Waals surface area contributed by atoms with E-state index in [1.54, 1.807) is 0 Å². The summed E-state index contributed by atoms with van der Waals surface area (Å²) in [6.07, 6.45) is 0.920. The van der Waals surface area contributed by atoms with Gasteiger partial charge in [-0.1, -0.05) is 19.1 Å². The molecule has 2 heterocycles. The van der Waals surface area contributed by atoms with E-state index in [4.69, 9.17) is 0 Å². The lowest BCUT2D eigenvalue weighted by atomic mass is 10.1. The van der Waals surface area contributed by atoms with E-state index in [1.807, 2.05) is 24.0 Å². The Labute approximate surface area is 138 Å². The van der Waals surface area contributed by atoms with Gasteiger partial charge in [0.25, 0.3) is 0 Å². The van der Waals surface area contributed by atoms with E-state index < -0.39 is 0 Å². The van der Waals surface area contributed by atoms with Crippen LogP contribution in [0.2, 0.25) is 0 Å². The molecule has 0 fully saturated rings. The van der Waals surface area contributed by atoms with Crippen molar-refractivity contribution in [3.8, 4) is 0 Å². The molecule has 1 aromatic carbocycles. The largest absolute Gasteiger partial charge is 0.345 e. The summed E-state index contributed by atoms with van der Waals surface area (Å²) in [6, 6.07) is 10.5. The van der Waals surface area contributed by atoms with E-state index >= 15 is 0 Å². The van der Waals surface area contributed by atoms with Crippen molar-refractivity contribution in [2.24, 2.45) is 0 Å². The second-order valence-electron chi connectivity index (χ2n) is 6.35. The van der Waals surface area contributed by atoms with Gasteiger partial charge in [-0.2, -0.15) is 0 Å². The Morgan fingerprint density at radius 1 is 1.17 bits per heavy atom. The number of anilines is 1. The van der Waals surface area contributed by atoms with Crippen molar-refractivity contribution >= 4 is 11.7 Å². The van der Waals surface area contributed by atoms with Crippen LogP contribution < -0.4 is 5.32 Å². The number of fused-ring (bicyclic) bond motifs is 1. The fraction of sp³-hybridized carbons (Fsp3) is 0.421. The highest BCUT2D eigenvalue weighted by Crippen LogP contribution is 2.31. The zero-order valence-electron chi connectivity index (χ0n) is 14.4.